The highest BCUT2D eigenvalue weighted by atomic mass is 35.5. The lowest BCUT2D eigenvalue weighted by Gasteiger charge is -2.09. The monoisotopic (exact) mass is 308 g/mol. The molecule has 1 aromatic heterocycles. The molecule has 1 N–H and O–H groups in total. The van der Waals surface area contributed by atoms with Gasteiger partial charge in [-0.1, -0.05) is 24.6 Å². The zero-order valence-electron chi connectivity index (χ0n) is 12.0. The molecule has 112 valence electrons. The first kappa shape index (κ1) is 15.4. The molecule has 0 radical (unpaired) electrons. The molecule has 5 nitrogen and oxygen atoms in total. The number of aromatic carboxylic acids is 1. The Morgan fingerprint density at radius 2 is 2.19 bits per heavy atom. The third kappa shape index (κ3) is 3.36. The van der Waals surface area contributed by atoms with Crippen molar-refractivity contribution in [2.75, 3.05) is 0 Å². The van der Waals surface area contributed by atoms with Crippen molar-refractivity contribution in [1.82, 2.24) is 9.78 Å². The summed E-state index contributed by atoms with van der Waals surface area (Å²) >= 11 is 6.30. The van der Waals surface area contributed by atoms with E-state index < -0.39 is 5.97 Å². The fourth-order valence-corrected chi connectivity index (χ4v) is 2.35. The maximum absolute atomic E-state index is 10.9. The van der Waals surface area contributed by atoms with Crippen LogP contribution < -0.4 is 4.74 Å². The lowest BCUT2D eigenvalue weighted by Crippen LogP contribution is -2.07. The number of benzene rings is 1. The van der Waals surface area contributed by atoms with Crippen LogP contribution in [0.2, 0.25) is 5.02 Å². The van der Waals surface area contributed by atoms with Crippen molar-refractivity contribution < 1.29 is 14.6 Å². The molecule has 0 aliphatic carbocycles. The van der Waals surface area contributed by atoms with Gasteiger partial charge in [-0.3, -0.25) is 4.68 Å². The lowest BCUT2D eigenvalue weighted by atomic mass is 10.2. The van der Waals surface area contributed by atoms with E-state index in [9.17, 15) is 4.79 Å². The third-order valence-corrected chi connectivity index (χ3v) is 3.59. The smallest absolute Gasteiger partial charge is 0.335 e. The Morgan fingerprint density at radius 1 is 1.43 bits per heavy atom. The standard InChI is InChI=1S/C15H17ClN2O3/c1-3-12-14(16)13(18(4-2)17-12)9-21-11-7-5-6-10(8-11)15(19)20/h5-8H,3-4,9H2,1-2H3,(H,19,20). The number of carboxylic acids is 1. The highest BCUT2D eigenvalue weighted by Gasteiger charge is 2.15. The molecule has 0 atom stereocenters. The molecular formula is C15H17ClN2O3. The zero-order chi connectivity index (χ0) is 15.4. The van der Waals surface area contributed by atoms with E-state index in [4.69, 9.17) is 21.4 Å². The van der Waals surface area contributed by atoms with Crippen LogP contribution in [0.4, 0.5) is 0 Å². The summed E-state index contributed by atoms with van der Waals surface area (Å²) in [5.74, 6) is -0.488. The predicted octanol–water partition coefficient (Wildman–Crippen LogP) is 3.40. The van der Waals surface area contributed by atoms with Crippen molar-refractivity contribution in [3.8, 4) is 5.75 Å². The van der Waals surface area contributed by atoms with Gasteiger partial charge in [0.1, 0.15) is 12.4 Å². The van der Waals surface area contributed by atoms with E-state index in [1.54, 1.807) is 12.1 Å². The summed E-state index contributed by atoms with van der Waals surface area (Å²) < 4.78 is 7.46. The van der Waals surface area contributed by atoms with E-state index in [-0.39, 0.29) is 12.2 Å². The van der Waals surface area contributed by atoms with Crippen LogP contribution in [0.15, 0.2) is 24.3 Å². The number of ether oxygens (including phenoxy) is 1. The highest BCUT2D eigenvalue weighted by molar-refractivity contribution is 6.31. The SMILES string of the molecule is CCc1nn(CC)c(COc2cccc(C(=O)O)c2)c1Cl. The molecule has 0 unspecified atom stereocenters. The van der Waals surface area contributed by atoms with Gasteiger partial charge >= 0.3 is 5.97 Å². The molecule has 1 heterocycles. The van der Waals surface area contributed by atoms with Crippen molar-refractivity contribution in [3.63, 3.8) is 0 Å². The van der Waals surface area contributed by atoms with E-state index in [0.29, 0.717) is 17.3 Å². The fourth-order valence-electron chi connectivity index (χ4n) is 2.03. The van der Waals surface area contributed by atoms with E-state index >= 15 is 0 Å². The molecular weight excluding hydrogens is 292 g/mol. The molecule has 0 amide bonds. The Morgan fingerprint density at radius 3 is 2.81 bits per heavy atom. The van der Waals surface area contributed by atoms with Crippen molar-refractivity contribution in [2.24, 2.45) is 0 Å². The minimum Gasteiger partial charge on any atom is -0.487 e. The summed E-state index contributed by atoms with van der Waals surface area (Å²) in [6.07, 6.45) is 0.757. The highest BCUT2D eigenvalue weighted by Crippen LogP contribution is 2.23. The summed E-state index contributed by atoms with van der Waals surface area (Å²) in [5.41, 5.74) is 1.84. The van der Waals surface area contributed by atoms with Crippen LogP contribution in [-0.4, -0.2) is 20.9 Å². The summed E-state index contributed by atoms with van der Waals surface area (Å²) in [6.45, 7) is 4.93. The van der Waals surface area contributed by atoms with Gasteiger partial charge in [-0.25, -0.2) is 4.79 Å². The summed E-state index contributed by atoms with van der Waals surface area (Å²) in [7, 11) is 0. The molecule has 6 heteroatoms. The van der Waals surface area contributed by atoms with Gasteiger partial charge in [0.05, 0.1) is 22.0 Å². The molecule has 2 aromatic rings. The Hall–Kier alpha value is -2.01. The molecule has 0 fully saturated rings. The lowest BCUT2D eigenvalue weighted by molar-refractivity contribution is 0.0696. The quantitative estimate of drug-likeness (QED) is 0.888. The molecule has 0 spiro atoms. The maximum atomic E-state index is 10.9. The first-order valence-electron chi connectivity index (χ1n) is 6.77. The van der Waals surface area contributed by atoms with Gasteiger partial charge < -0.3 is 9.84 Å². The van der Waals surface area contributed by atoms with Crippen LogP contribution in [-0.2, 0) is 19.6 Å². The van der Waals surface area contributed by atoms with Gasteiger partial charge in [0.15, 0.2) is 0 Å². The summed E-state index contributed by atoms with van der Waals surface area (Å²) in [6, 6.07) is 6.37. The van der Waals surface area contributed by atoms with E-state index in [1.165, 1.54) is 12.1 Å². The van der Waals surface area contributed by atoms with Gasteiger partial charge in [0, 0.05) is 6.54 Å². The number of carbonyl (C=O) groups is 1. The van der Waals surface area contributed by atoms with Crippen molar-refractivity contribution in [3.05, 3.63) is 46.2 Å². The number of carboxylic acid groups (broad SMARTS) is 1. The largest absolute Gasteiger partial charge is 0.487 e. The Balaban J connectivity index is 2.18. The number of hydrogen-bond acceptors (Lipinski definition) is 3. The van der Waals surface area contributed by atoms with Gasteiger partial charge in [0.25, 0.3) is 0 Å². The van der Waals surface area contributed by atoms with Gasteiger partial charge in [-0.2, -0.15) is 5.10 Å². The molecule has 0 saturated carbocycles. The van der Waals surface area contributed by atoms with Crippen molar-refractivity contribution >= 4 is 17.6 Å². The molecule has 0 saturated heterocycles. The third-order valence-electron chi connectivity index (χ3n) is 3.15. The van der Waals surface area contributed by atoms with Gasteiger partial charge in [0.2, 0.25) is 0 Å². The van der Waals surface area contributed by atoms with Crippen molar-refractivity contribution in [1.29, 1.82) is 0 Å². The van der Waals surface area contributed by atoms with Gasteiger partial charge in [-0.15, -0.1) is 0 Å². The first-order chi connectivity index (χ1) is 10.1. The molecule has 1 aromatic carbocycles. The Labute approximate surface area is 128 Å². The number of hydrogen-bond donors (Lipinski definition) is 1. The number of halogens is 1. The average molecular weight is 309 g/mol. The van der Waals surface area contributed by atoms with E-state index in [2.05, 4.69) is 5.10 Å². The fraction of sp³-hybridized carbons (Fsp3) is 0.333. The maximum Gasteiger partial charge on any atom is 0.335 e. The molecule has 2 rings (SSSR count). The molecule has 21 heavy (non-hydrogen) atoms. The number of aryl methyl sites for hydroxylation is 2. The predicted molar refractivity (Wildman–Crippen MR) is 80.0 cm³/mol. The number of rotatable bonds is 6. The first-order valence-corrected chi connectivity index (χ1v) is 7.14. The minimum atomic E-state index is -0.981. The van der Waals surface area contributed by atoms with Crippen LogP contribution in [0, 0.1) is 0 Å². The van der Waals surface area contributed by atoms with Crippen LogP contribution in [0.5, 0.6) is 5.75 Å². The van der Waals surface area contributed by atoms with E-state index in [0.717, 1.165) is 17.8 Å². The molecule has 0 aliphatic heterocycles. The Kier molecular flexibility index (Phi) is 4.85. The molecule has 0 aliphatic rings. The van der Waals surface area contributed by atoms with Crippen molar-refractivity contribution in [2.45, 2.75) is 33.4 Å². The second-order valence-electron chi connectivity index (χ2n) is 4.50. The van der Waals surface area contributed by atoms with Crippen LogP contribution in [0.1, 0.15) is 35.6 Å². The Bertz CT molecular complexity index is 652. The zero-order valence-corrected chi connectivity index (χ0v) is 12.7. The number of aromatic nitrogens is 2. The molecule has 0 bridgehead atoms. The second-order valence-corrected chi connectivity index (χ2v) is 4.88. The number of nitrogens with zero attached hydrogens (tertiary/aromatic N) is 2. The second kappa shape index (κ2) is 6.63. The summed E-state index contributed by atoms with van der Waals surface area (Å²) in [4.78, 5) is 10.9. The van der Waals surface area contributed by atoms with Crippen LogP contribution >= 0.6 is 11.6 Å². The van der Waals surface area contributed by atoms with Crippen LogP contribution in [0.3, 0.4) is 0 Å². The normalized spacial score (nSPS) is 10.6. The van der Waals surface area contributed by atoms with Crippen LogP contribution in [0.25, 0.3) is 0 Å². The topological polar surface area (TPSA) is 64.4 Å². The van der Waals surface area contributed by atoms with E-state index in [1.807, 2.05) is 18.5 Å². The van der Waals surface area contributed by atoms with Gasteiger partial charge in [-0.05, 0) is 31.5 Å². The summed E-state index contributed by atoms with van der Waals surface area (Å²) in [5, 5.41) is 14.0. The average Bonchev–Trinajstić information content (AvgIpc) is 2.81. The minimum absolute atomic E-state index is 0.192.